The Hall–Kier alpha value is -0.890. The highest BCUT2D eigenvalue weighted by molar-refractivity contribution is 5.13. The van der Waals surface area contributed by atoms with Crippen LogP contribution in [0.25, 0.3) is 0 Å². The molecule has 16 heavy (non-hydrogen) atoms. The van der Waals surface area contributed by atoms with Crippen molar-refractivity contribution < 1.29 is 5.11 Å². The Kier molecular flexibility index (Phi) is 2.47. The monoisotopic (exact) mass is 217 g/mol. The summed E-state index contributed by atoms with van der Waals surface area (Å²) >= 11 is 0. The molecule has 3 unspecified atom stereocenters. The van der Waals surface area contributed by atoms with Gasteiger partial charge >= 0.3 is 0 Å². The van der Waals surface area contributed by atoms with Crippen molar-refractivity contribution in [3.8, 4) is 0 Å². The molecular weight excluding hydrogens is 198 g/mol. The van der Waals surface area contributed by atoms with Crippen LogP contribution in [-0.2, 0) is 6.42 Å². The fourth-order valence-corrected chi connectivity index (χ4v) is 3.08. The Labute approximate surface area is 96.7 Å². The van der Waals surface area contributed by atoms with E-state index in [0.29, 0.717) is 5.92 Å². The molecule has 86 valence electrons. The first-order valence-electron chi connectivity index (χ1n) is 6.32. The van der Waals surface area contributed by atoms with Gasteiger partial charge in [0.15, 0.2) is 0 Å². The number of aryl methyl sites for hydroxylation is 1. The molecule has 0 amide bonds. The molecule has 1 N–H and O–H groups in total. The largest absolute Gasteiger partial charge is 0.392 e. The number of rotatable bonds is 3. The third-order valence-electron chi connectivity index (χ3n) is 4.22. The topological polar surface area (TPSA) is 33.1 Å². The number of hydrogen-bond donors (Lipinski definition) is 1. The number of fused-ring (bicyclic) bond motifs is 1. The lowest BCUT2D eigenvalue weighted by Gasteiger charge is -2.19. The summed E-state index contributed by atoms with van der Waals surface area (Å²) in [4.78, 5) is 4.36. The first kappa shape index (κ1) is 10.3. The van der Waals surface area contributed by atoms with E-state index in [-0.39, 0.29) is 6.10 Å². The fraction of sp³-hybridized carbons (Fsp3) is 0.643. The Morgan fingerprint density at radius 1 is 1.31 bits per heavy atom. The summed E-state index contributed by atoms with van der Waals surface area (Å²) < 4.78 is 0. The summed E-state index contributed by atoms with van der Waals surface area (Å²) in [6, 6.07) is 4.11. The van der Waals surface area contributed by atoms with Gasteiger partial charge in [0.25, 0.3) is 0 Å². The van der Waals surface area contributed by atoms with E-state index >= 15 is 0 Å². The summed E-state index contributed by atoms with van der Waals surface area (Å²) in [5.74, 6) is 2.43. The molecule has 2 heteroatoms. The summed E-state index contributed by atoms with van der Waals surface area (Å²) in [7, 11) is 0. The number of aromatic nitrogens is 1. The smallest absolute Gasteiger partial charge is 0.0623 e. The van der Waals surface area contributed by atoms with Crippen LogP contribution in [0.3, 0.4) is 0 Å². The molecule has 2 saturated carbocycles. The molecule has 3 rings (SSSR count). The van der Waals surface area contributed by atoms with Crippen molar-refractivity contribution in [1.29, 1.82) is 0 Å². The number of aliphatic hydroxyl groups is 1. The molecule has 2 fully saturated rings. The van der Waals surface area contributed by atoms with E-state index in [1.807, 2.05) is 19.2 Å². The van der Waals surface area contributed by atoms with Crippen LogP contribution >= 0.6 is 0 Å². The van der Waals surface area contributed by atoms with Crippen molar-refractivity contribution in [3.05, 3.63) is 29.6 Å². The molecule has 0 saturated heterocycles. The van der Waals surface area contributed by atoms with Crippen LogP contribution in [0.2, 0.25) is 0 Å². The lowest BCUT2D eigenvalue weighted by molar-refractivity contribution is 0.103. The van der Waals surface area contributed by atoms with Gasteiger partial charge in [-0.15, -0.1) is 0 Å². The lowest BCUT2D eigenvalue weighted by atomic mass is 9.93. The average Bonchev–Trinajstić information content (AvgIpc) is 2.89. The minimum absolute atomic E-state index is 0.178. The second-order valence-electron chi connectivity index (χ2n) is 5.59. The highest BCUT2D eigenvalue weighted by Crippen LogP contribution is 2.55. The summed E-state index contributed by atoms with van der Waals surface area (Å²) in [5, 5.41) is 10.2. The maximum Gasteiger partial charge on any atom is 0.0623 e. The van der Waals surface area contributed by atoms with Crippen molar-refractivity contribution >= 4 is 0 Å². The highest BCUT2D eigenvalue weighted by atomic mass is 16.3. The van der Waals surface area contributed by atoms with Crippen LogP contribution in [0.1, 0.15) is 30.5 Å². The molecular formula is C14H19NO. The predicted octanol–water partition coefficient (Wildman–Crippen LogP) is 2.34. The van der Waals surface area contributed by atoms with Gasteiger partial charge in [-0.3, -0.25) is 4.98 Å². The summed E-state index contributed by atoms with van der Waals surface area (Å²) in [6.45, 7) is 2.04. The van der Waals surface area contributed by atoms with Gasteiger partial charge in [-0.05, 0) is 55.6 Å². The van der Waals surface area contributed by atoms with Gasteiger partial charge in [0.1, 0.15) is 0 Å². The van der Waals surface area contributed by atoms with E-state index in [0.717, 1.165) is 24.0 Å². The van der Waals surface area contributed by atoms with Crippen LogP contribution in [0.4, 0.5) is 0 Å². The molecule has 0 bridgehead atoms. The molecule has 3 atom stereocenters. The van der Waals surface area contributed by atoms with E-state index in [1.165, 1.54) is 24.8 Å². The Morgan fingerprint density at radius 3 is 2.69 bits per heavy atom. The average molecular weight is 217 g/mol. The van der Waals surface area contributed by atoms with Crippen molar-refractivity contribution in [2.24, 2.45) is 17.8 Å². The van der Waals surface area contributed by atoms with Crippen molar-refractivity contribution in [2.75, 3.05) is 0 Å². The molecule has 2 aliphatic rings. The zero-order valence-electron chi connectivity index (χ0n) is 9.76. The molecule has 1 aromatic rings. The van der Waals surface area contributed by atoms with Gasteiger partial charge in [-0.1, -0.05) is 6.07 Å². The maximum atomic E-state index is 10.2. The minimum atomic E-state index is -0.178. The molecule has 0 aliphatic heterocycles. The standard InChI is InChI=1S/C14H19NO/c1-9-2-3-13(15-8-9)7-14(16)12-5-10-4-11(10)6-12/h2-3,8,10-12,14,16H,4-7H2,1H3. The molecule has 1 heterocycles. The summed E-state index contributed by atoms with van der Waals surface area (Å²) in [6.07, 6.45) is 6.35. The molecule has 2 aliphatic carbocycles. The molecule has 2 nitrogen and oxygen atoms in total. The van der Waals surface area contributed by atoms with Gasteiger partial charge in [0.05, 0.1) is 6.10 Å². The van der Waals surface area contributed by atoms with Crippen LogP contribution < -0.4 is 0 Å². The van der Waals surface area contributed by atoms with E-state index in [9.17, 15) is 5.11 Å². The predicted molar refractivity (Wildman–Crippen MR) is 63.0 cm³/mol. The van der Waals surface area contributed by atoms with Gasteiger partial charge in [-0.25, -0.2) is 0 Å². The Bertz CT molecular complexity index is 363. The number of aliphatic hydroxyl groups excluding tert-OH is 1. The van der Waals surface area contributed by atoms with Crippen molar-refractivity contribution in [3.63, 3.8) is 0 Å². The van der Waals surface area contributed by atoms with Crippen molar-refractivity contribution in [1.82, 2.24) is 4.98 Å². The SMILES string of the molecule is Cc1ccc(CC(O)C2CC3CC3C2)nc1. The zero-order chi connectivity index (χ0) is 11.1. The van der Waals surface area contributed by atoms with Gasteiger partial charge in [-0.2, -0.15) is 0 Å². The third kappa shape index (κ3) is 1.99. The molecule has 0 radical (unpaired) electrons. The van der Waals surface area contributed by atoms with Gasteiger partial charge < -0.3 is 5.11 Å². The third-order valence-corrected chi connectivity index (χ3v) is 4.22. The van der Waals surface area contributed by atoms with E-state index in [4.69, 9.17) is 0 Å². The normalized spacial score (nSPS) is 33.5. The first-order chi connectivity index (χ1) is 7.72. The first-order valence-corrected chi connectivity index (χ1v) is 6.32. The fourth-order valence-electron chi connectivity index (χ4n) is 3.08. The van der Waals surface area contributed by atoms with Gasteiger partial charge in [0.2, 0.25) is 0 Å². The maximum absolute atomic E-state index is 10.2. The van der Waals surface area contributed by atoms with Crippen LogP contribution in [-0.4, -0.2) is 16.2 Å². The zero-order valence-corrected chi connectivity index (χ0v) is 9.76. The van der Waals surface area contributed by atoms with E-state index < -0.39 is 0 Å². The number of hydrogen-bond acceptors (Lipinski definition) is 2. The number of nitrogens with zero attached hydrogens (tertiary/aromatic N) is 1. The molecule has 0 aromatic carbocycles. The second-order valence-corrected chi connectivity index (χ2v) is 5.59. The number of pyridine rings is 1. The Morgan fingerprint density at radius 2 is 2.06 bits per heavy atom. The van der Waals surface area contributed by atoms with Crippen molar-refractivity contribution in [2.45, 2.75) is 38.7 Å². The van der Waals surface area contributed by atoms with Crippen LogP contribution in [0.5, 0.6) is 0 Å². The molecule has 1 aromatic heterocycles. The minimum Gasteiger partial charge on any atom is -0.392 e. The molecule has 0 spiro atoms. The quantitative estimate of drug-likeness (QED) is 0.843. The summed E-state index contributed by atoms with van der Waals surface area (Å²) in [5.41, 5.74) is 2.21. The van der Waals surface area contributed by atoms with E-state index in [2.05, 4.69) is 11.1 Å². The van der Waals surface area contributed by atoms with E-state index in [1.54, 1.807) is 0 Å². The Balaban J connectivity index is 1.59. The second kappa shape index (κ2) is 3.85. The van der Waals surface area contributed by atoms with Gasteiger partial charge in [0, 0.05) is 18.3 Å². The van der Waals surface area contributed by atoms with Crippen LogP contribution in [0, 0.1) is 24.7 Å². The highest BCUT2D eigenvalue weighted by Gasteiger charge is 2.47. The van der Waals surface area contributed by atoms with Crippen LogP contribution in [0.15, 0.2) is 18.3 Å². The lowest BCUT2D eigenvalue weighted by Crippen LogP contribution is -2.22.